The van der Waals surface area contributed by atoms with Gasteiger partial charge in [-0.3, -0.25) is 48.1 Å². The number of alkyl carbamates (subject to hydrolysis) is 1. The molecule has 0 saturated heterocycles. The molecule has 0 spiro atoms. The van der Waals surface area contributed by atoms with Gasteiger partial charge in [0, 0.05) is 43.3 Å². The van der Waals surface area contributed by atoms with Gasteiger partial charge in [0.1, 0.15) is 94.2 Å². The second kappa shape index (κ2) is 29.6. The molecule has 14 N–H and O–H groups in total. The van der Waals surface area contributed by atoms with Gasteiger partial charge in [-0.15, -0.1) is 0 Å². The maximum Gasteiger partial charge on any atom is 0.408 e. The third-order valence-corrected chi connectivity index (χ3v) is 18.8. The maximum atomic E-state index is 16.3. The minimum atomic E-state index is -2.23. The van der Waals surface area contributed by atoms with Crippen LogP contribution in [0, 0.1) is 0 Å². The number of aromatic hydroxyl groups is 5. The van der Waals surface area contributed by atoms with E-state index in [0.717, 1.165) is 53.4 Å². The van der Waals surface area contributed by atoms with Gasteiger partial charge in [0.2, 0.25) is 47.1 Å². The Kier molecular flexibility index (Phi) is 20.2. The lowest BCUT2D eigenvalue weighted by atomic mass is 9.89. The van der Waals surface area contributed by atoms with Crippen LogP contribution in [0.5, 0.6) is 69.0 Å². The van der Waals surface area contributed by atoms with Gasteiger partial charge in [-0.2, -0.15) is 0 Å². The first-order chi connectivity index (χ1) is 51.5. The average Bonchev–Trinajstić information content (AvgIpc) is 1.11. The Morgan fingerprint density at radius 1 is 0.546 bits per heavy atom. The van der Waals surface area contributed by atoms with Gasteiger partial charge in [-0.25, -0.2) is 4.79 Å². The minimum Gasteiger partial charge on any atom is -0.508 e. The number of fused-ring (bicyclic) bond motifs is 15. The van der Waals surface area contributed by atoms with Gasteiger partial charge >= 0.3 is 6.09 Å². The molecule has 10 amide bonds. The highest BCUT2D eigenvalue weighted by molar-refractivity contribution is 6.32. The predicted octanol–water partition coefficient (Wildman–Crippen LogP) is 7.96. The smallest absolute Gasteiger partial charge is 0.408 e. The number of benzene rings is 8. The number of carbonyl (C=O) groups is 10. The normalized spacial score (nSPS) is 20.4. The molecular formula is C76H67Cl2N9O21. The highest BCUT2D eigenvalue weighted by Crippen LogP contribution is 2.49. The van der Waals surface area contributed by atoms with Crippen molar-refractivity contribution in [3.05, 3.63) is 200 Å². The molecule has 30 nitrogen and oxygen atoms in total. The van der Waals surface area contributed by atoms with Crippen LogP contribution >= 0.6 is 23.2 Å². The van der Waals surface area contributed by atoms with Crippen LogP contribution in [0.4, 0.5) is 4.79 Å². The van der Waals surface area contributed by atoms with Crippen molar-refractivity contribution in [1.29, 1.82) is 0 Å². The molecule has 556 valence electrons. The van der Waals surface area contributed by atoms with Crippen molar-refractivity contribution >= 4 is 82.5 Å². The number of hydrogen-bond acceptors (Lipinski definition) is 21. The van der Waals surface area contributed by atoms with E-state index in [0.29, 0.717) is 0 Å². The number of phenolic OH excluding ortho intramolecular Hbond substituents is 5. The first-order valence-corrected chi connectivity index (χ1v) is 34.4. The Morgan fingerprint density at radius 3 is 1.80 bits per heavy atom. The number of nitrogens with one attached hydrogen (secondary N) is 8. The zero-order valence-electron chi connectivity index (χ0n) is 57.4. The SMILES string of the molecule is CNC(=O)[C@@H]1NC(=O)[C@H]2NC(=O)[C@H](NC(=O)[C@@H]3NC(=O)[C@H]4NC(=O)[C@@H](Cc5ccc(c(Cl)c5)Oc5cc3cc(c5OCCCCN3C(=O)c5ccccc5C3=O)Oc3ccc(cc3Cl)[C@H]2O)NC(=O)[C@H](NC(=O)OC(C)(C)C)c2ccc(O)c(c2)Oc2cc(O)cc4c2)c2ccc(O)c(c2)-c2c(O)cc(O)cc21. The molecular weight excluding hydrogens is 1450 g/mol. The van der Waals surface area contributed by atoms with E-state index in [4.69, 9.17) is 46.9 Å². The predicted molar refractivity (Wildman–Crippen MR) is 381 cm³/mol. The van der Waals surface area contributed by atoms with E-state index in [1.165, 1.54) is 73.8 Å². The van der Waals surface area contributed by atoms with Gasteiger partial charge in [0.15, 0.2) is 23.0 Å². The van der Waals surface area contributed by atoms with Crippen molar-refractivity contribution in [3.8, 4) is 80.1 Å². The van der Waals surface area contributed by atoms with E-state index in [-0.39, 0.29) is 137 Å². The third kappa shape index (κ3) is 15.1. The number of hydrogen-bond donors (Lipinski definition) is 14. The Hall–Kier alpha value is -12.8. The van der Waals surface area contributed by atoms with Crippen LogP contribution in [-0.2, 0) is 44.7 Å². The summed E-state index contributed by atoms with van der Waals surface area (Å²) in [6.07, 6.45) is -3.36. The van der Waals surface area contributed by atoms with Crippen molar-refractivity contribution in [3.63, 3.8) is 0 Å². The summed E-state index contributed by atoms with van der Waals surface area (Å²) in [5, 5.41) is 89.9. The zero-order chi connectivity index (χ0) is 76.9. The maximum absolute atomic E-state index is 16.3. The lowest BCUT2D eigenvalue weighted by Crippen LogP contribution is -2.56. The molecule has 17 bridgehead atoms. The summed E-state index contributed by atoms with van der Waals surface area (Å²) in [7, 11) is 1.21. The highest BCUT2D eigenvalue weighted by atomic mass is 35.5. The van der Waals surface area contributed by atoms with Gasteiger partial charge in [0.25, 0.3) is 11.8 Å². The molecule has 7 aliphatic heterocycles. The minimum absolute atomic E-state index is 0.0153. The third-order valence-electron chi connectivity index (χ3n) is 18.2. The second-order valence-corrected chi connectivity index (χ2v) is 27.6. The van der Waals surface area contributed by atoms with Crippen LogP contribution in [0.15, 0.2) is 140 Å². The molecule has 0 aliphatic carbocycles. The van der Waals surface area contributed by atoms with Crippen LogP contribution in [0.1, 0.15) is 130 Å². The first kappa shape index (κ1) is 73.5. The number of carbonyl (C=O) groups excluding carboxylic acids is 10. The fraction of sp³-hybridized carbons (Fsp3) is 0.237. The van der Waals surface area contributed by atoms with Crippen LogP contribution in [-0.4, -0.2) is 133 Å². The summed E-state index contributed by atoms with van der Waals surface area (Å²) in [6, 6.07) is 15.0. The van der Waals surface area contributed by atoms with Crippen LogP contribution in [0.3, 0.4) is 0 Å². The van der Waals surface area contributed by atoms with Crippen LogP contribution < -0.4 is 61.5 Å². The quantitative estimate of drug-likeness (QED) is 0.0506. The number of ether oxygens (including phenoxy) is 5. The molecule has 0 fully saturated rings. The van der Waals surface area contributed by atoms with Gasteiger partial charge < -0.3 is 96.9 Å². The van der Waals surface area contributed by atoms with Crippen molar-refractivity contribution in [2.24, 2.45) is 0 Å². The lowest BCUT2D eigenvalue weighted by Gasteiger charge is -2.31. The Morgan fingerprint density at radius 2 is 1.14 bits per heavy atom. The number of aliphatic hydroxyl groups is 1. The Balaban J connectivity index is 1.01. The Bertz CT molecular complexity index is 5070. The summed E-state index contributed by atoms with van der Waals surface area (Å²) in [6.45, 7) is 4.45. The summed E-state index contributed by atoms with van der Waals surface area (Å²) in [5.41, 5.74) is -2.48. The molecule has 0 radical (unpaired) electrons. The van der Waals surface area contributed by atoms with Crippen molar-refractivity contribution in [2.45, 2.75) is 94.0 Å². The average molecular weight is 1510 g/mol. The molecule has 108 heavy (non-hydrogen) atoms. The van der Waals surface area contributed by atoms with E-state index in [2.05, 4.69) is 42.5 Å². The van der Waals surface area contributed by atoms with Gasteiger partial charge in [-0.1, -0.05) is 59.6 Å². The van der Waals surface area contributed by atoms with Crippen LogP contribution in [0.2, 0.25) is 10.0 Å². The molecule has 32 heteroatoms. The highest BCUT2D eigenvalue weighted by Gasteiger charge is 2.43. The zero-order valence-corrected chi connectivity index (χ0v) is 59.0. The van der Waals surface area contributed by atoms with Crippen molar-refractivity contribution in [1.82, 2.24) is 47.4 Å². The van der Waals surface area contributed by atoms with E-state index in [9.17, 15) is 49.8 Å². The molecule has 8 aromatic rings. The molecule has 7 aliphatic rings. The van der Waals surface area contributed by atoms with Crippen molar-refractivity contribution in [2.75, 3.05) is 20.2 Å². The second-order valence-electron chi connectivity index (χ2n) is 26.8. The monoisotopic (exact) mass is 1510 g/mol. The number of nitrogens with zero attached hydrogens (tertiary/aromatic N) is 1. The van der Waals surface area contributed by atoms with E-state index in [1.54, 1.807) is 45.0 Å². The summed E-state index contributed by atoms with van der Waals surface area (Å²) in [4.78, 5) is 149. The van der Waals surface area contributed by atoms with Crippen molar-refractivity contribution < 1.29 is 102 Å². The van der Waals surface area contributed by atoms with E-state index < -0.39 is 148 Å². The van der Waals surface area contributed by atoms with Crippen LogP contribution in [0.25, 0.3) is 11.1 Å². The number of imide groups is 1. The summed E-state index contributed by atoms with van der Waals surface area (Å²) >= 11 is 14.3. The fourth-order valence-electron chi connectivity index (χ4n) is 13.1. The number of aliphatic hydroxyl groups excluding tert-OH is 1. The number of amides is 10. The fourth-order valence-corrected chi connectivity index (χ4v) is 13.5. The largest absolute Gasteiger partial charge is 0.508 e. The number of unbranched alkanes of at least 4 members (excludes halogenated alkanes) is 1. The standard InChI is InChI=1S/C76H67Cl2N9O21/c1-76(2,3)108-75(103)86-59-35-13-16-50(91)54(27-35)105-41-24-37(23-39(88)30-41)60-70(98)83-61-38-28-55(106-52-17-11-33(21-46(52)77)22-48(66(94)81-60)80-68(59)96)65(104-20-8-7-19-87-73(101)42-9-5-6-10-43(42)74(87)102)56(29-38)107-53-18-14-36(26-47(53)78)64(93)63-72(100)84-62(67(95)79-4)45-31-40(89)32-51(92)57(45)44-25-34(12-15-49(44)90)58(69(97)85-63)82-71(61)99/h5-6,9-18,21,23-32,48,58-64,88-93H,7-8,19-20,22H2,1-4H3,(H,79,95)(H,80,96)(H,81,94)(H,82,99)(H,83,98)(H,84,100)(H,85,97)(H,86,103)/t48-,58-,59-,60+,61-,62-,63+,64-/m1/s1. The molecule has 0 unspecified atom stereocenters. The Labute approximate surface area is 623 Å². The summed E-state index contributed by atoms with van der Waals surface area (Å²) in [5.74, 6) is -14.5. The molecule has 8 atom stereocenters. The topological polar surface area (TPSA) is 438 Å². The number of rotatable bonds is 8. The summed E-state index contributed by atoms with van der Waals surface area (Å²) < 4.78 is 31.7. The first-order valence-electron chi connectivity index (χ1n) is 33.6. The van der Waals surface area contributed by atoms with Gasteiger partial charge in [-0.05, 0) is 164 Å². The molecule has 0 saturated carbocycles. The van der Waals surface area contributed by atoms with E-state index >= 15 is 28.8 Å². The number of phenols is 5. The molecule has 15 rings (SSSR count). The number of likely N-dealkylation sites (N-methyl/N-ethyl adjacent to an activating group) is 1. The molecule has 8 aromatic carbocycles. The van der Waals surface area contributed by atoms with E-state index in [1.807, 2.05) is 0 Å². The lowest BCUT2D eigenvalue weighted by molar-refractivity contribution is -0.137. The van der Waals surface area contributed by atoms with Gasteiger partial charge in [0.05, 0.1) is 27.8 Å². The molecule has 0 aromatic heterocycles. The number of halogens is 2. The molecule has 7 heterocycles.